The lowest BCUT2D eigenvalue weighted by molar-refractivity contribution is -0.149. The second-order valence-corrected chi connectivity index (χ2v) is 9.74. The van der Waals surface area contributed by atoms with Crippen LogP contribution >= 0.6 is 0 Å². The summed E-state index contributed by atoms with van der Waals surface area (Å²) in [5, 5.41) is 18.7. The maximum absolute atomic E-state index is 13.0. The number of carbonyl (C=O) groups excluding carboxylic acids is 2. The van der Waals surface area contributed by atoms with E-state index in [1.165, 1.54) is 6.07 Å². The van der Waals surface area contributed by atoms with E-state index in [0.29, 0.717) is 35.9 Å². The van der Waals surface area contributed by atoms with E-state index in [0.717, 1.165) is 25.0 Å². The van der Waals surface area contributed by atoms with Crippen molar-refractivity contribution in [1.82, 2.24) is 14.8 Å². The topological polar surface area (TPSA) is 106 Å². The number of rotatable bonds is 6. The van der Waals surface area contributed by atoms with Crippen LogP contribution in [0.4, 0.5) is 18.9 Å². The molecule has 37 heavy (non-hydrogen) atoms. The number of nitrogens with zero attached hydrogens (tertiary/aromatic N) is 3. The van der Waals surface area contributed by atoms with Crippen molar-refractivity contribution >= 4 is 28.5 Å². The number of aromatic nitrogens is 3. The van der Waals surface area contributed by atoms with Crippen LogP contribution in [-0.4, -0.2) is 38.4 Å². The SMILES string of the molecule is CCOC(=O)C1CCC(n2cc3cc(NC(=O)c4cccc(C(F)(F)F)n4)c(C(C)(C)O)cc3n2)CC1. The van der Waals surface area contributed by atoms with Crippen LogP contribution in [0.3, 0.4) is 0 Å². The average molecular weight is 519 g/mol. The molecule has 1 aliphatic carbocycles. The molecule has 0 unspecified atom stereocenters. The third-order valence-corrected chi connectivity index (χ3v) is 6.53. The summed E-state index contributed by atoms with van der Waals surface area (Å²) >= 11 is 0. The van der Waals surface area contributed by atoms with Gasteiger partial charge in [0.05, 0.1) is 29.7 Å². The normalized spacial score (nSPS) is 18.6. The van der Waals surface area contributed by atoms with Gasteiger partial charge in [-0.1, -0.05) is 6.07 Å². The van der Waals surface area contributed by atoms with E-state index in [4.69, 9.17) is 4.74 Å². The molecule has 1 amide bonds. The third-order valence-electron chi connectivity index (χ3n) is 6.53. The van der Waals surface area contributed by atoms with Crippen LogP contribution in [0.25, 0.3) is 10.9 Å². The predicted octanol–water partition coefficient (Wildman–Crippen LogP) is 5.22. The van der Waals surface area contributed by atoms with Crippen molar-refractivity contribution in [2.45, 2.75) is 64.3 Å². The van der Waals surface area contributed by atoms with Gasteiger partial charge in [0.15, 0.2) is 0 Å². The van der Waals surface area contributed by atoms with Crippen LogP contribution < -0.4 is 5.32 Å². The Hall–Kier alpha value is -3.47. The minimum absolute atomic E-state index is 0.0796. The van der Waals surface area contributed by atoms with Gasteiger partial charge in [-0.2, -0.15) is 18.3 Å². The first-order chi connectivity index (χ1) is 17.4. The number of alkyl halides is 3. The summed E-state index contributed by atoms with van der Waals surface area (Å²) in [5.74, 6) is -1.12. The summed E-state index contributed by atoms with van der Waals surface area (Å²) in [5.41, 5.74) is -1.74. The van der Waals surface area contributed by atoms with Crippen LogP contribution in [0.2, 0.25) is 0 Å². The van der Waals surface area contributed by atoms with Crippen LogP contribution in [-0.2, 0) is 21.3 Å². The number of amides is 1. The Balaban J connectivity index is 1.60. The largest absolute Gasteiger partial charge is 0.466 e. The molecular weight excluding hydrogens is 489 g/mol. The fraction of sp³-hybridized carbons (Fsp3) is 0.462. The average Bonchev–Trinajstić information content (AvgIpc) is 3.26. The summed E-state index contributed by atoms with van der Waals surface area (Å²) in [7, 11) is 0. The first-order valence-corrected chi connectivity index (χ1v) is 12.1. The van der Waals surface area contributed by atoms with Gasteiger partial charge in [-0.25, -0.2) is 4.98 Å². The van der Waals surface area contributed by atoms with E-state index < -0.39 is 29.1 Å². The number of hydrogen-bond acceptors (Lipinski definition) is 6. The number of halogens is 3. The summed E-state index contributed by atoms with van der Waals surface area (Å²) in [6.45, 7) is 5.23. The highest BCUT2D eigenvalue weighted by Gasteiger charge is 2.33. The van der Waals surface area contributed by atoms with Crippen molar-refractivity contribution < 1.29 is 32.6 Å². The highest BCUT2D eigenvalue weighted by Crippen LogP contribution is 2.36. The second kappa shape index (κ2) is 10.1. The van der Waals surface area contributed by atoms with Crippen molar-refractivity contribution in [3.63, 3.8) is 0 Å². The Morgan fingerprint density at radius 2 is 1.86 bits per heavy atom. The van der Waals surface area contributed by atoms with Gasteiger partial charge < -0.3 is 15.2 Å². The number of ether oxygens (including phenoxy) is 1. The number of pyridine rings is 1. The van der Waals surface area contributed by atoms with Gasteiger partial charge in [0.1, 0.15) is 11.4 Å². The monoisotopic (exact) mass is 518 g/mol. The number of fused-ring (bicyclic) bond motifs is 1. The number of aliphatic hydroxyl groups is 1. The first-order valence-electron chi connectivity index (χ1n) is 12.1. The molecule has 0 radical (unpaired) electrons. The molecule has 1 aliphatic rings. The third kappa shape index (κ3) is 5.93. The molecule has 3 aromatic rings. The van der Waals surface area contributed by atoms with Crippen LogP contribution in [0, 0.1) is 5.92 Å². The molecule has 11 heteroatoms. The molecule has 2 aromatic heterocycles. The summed E-state index contributed by atoms with van der Waals surface area (Å²) in [4.78, 5) is 28.3. The molecule has 198 valence electrons. The predicted molar refractivity (Wildman–Crippen MR) is 130 cm³/mol. The number of hydrogen-bond donors (Lipinski definition) is 2. The minimum atomic E-state index is -4.68. The Kier molecular flexibility index (Phi) is 7.27. The zero-order valence-corrected chi connectivity index (χ0v) is 20.8. The quantitative estimate of drug-likeness (QED) is 0.433. The van der Waals surface area contributed by atoms with Gasteiger partial charge in [-0.3, -0.25) is 14.3 Å². The van der Waals surface area contributed by atoms with E-state index >= 15 is 0 Å². The van der Waals surface area contributed by atoms with Crippen molar-refractivity contribution in [3.8, 4) is 0 Å². The molecular formula is C26H29F3N4O4. The lowest BCUT2D eigenvalue weighted by atomic mass is 9.86. The Labute approximate surface area is 211 Å². The number of esters is 1. The molecule has 8 nitrogen and oxygen atoms in total. The Bertz CT molecular complexity index is 1310. The highest BCUT2D eigenvalue weighted by molar-refractivity contribution is 6.04. The zero-order chi connectivity index (χ0) is 27.0. The number of carbonyl (C=O) groups is 2. The molecule has 2 N–H and O–H groups in total. The van der Waals surface area contributed by atoms with Gasteiger partial charge in [-0.15, -0.1) is 0 Å². The van der Waals surface area contributed by atoms with Crippen LogP contribution in [0.1, 0.15) is 74.2 Å². The van der Waals surface area contributed by atoms with E-state index in [1.807, 2.05) is 10.9 Å². The lowest BCUT2D eigenvalue weighted by Crippen LogP contribution is -2.25. The summed E-state index contributed by atoms with van der Waals surface area (Å²) < 4.78 is 46.1. The van der Waals surface area contributed by atoms with Crippen LogP contribution in [0.15, 0.2) is 36.5 Å². The number of anilines is 1. The van der Waals surface area contributed by atoms with Gasteiger partial charge in [-0.05, 0) is 70.7 Å². The van der Waals surface area contributed by atoms with Gasteiger partial charge in [0, 0.05) is 22.8 Å². The highest BCUT2D eigenvalue weighted by atomic mass is 19.4. The molecule has 1 fully saturated rings. The Morgan fingerprint density at radius 3 is 2.49 bits per heavy atom. The second-order valence-electron chi connectivity index (χ2n) is 9.74. The Morgan fingerprint density at radius 1 is 1.16 bits per heavy atom. The molecule has 4 rings (SSSR count). The van der Waals surface area contributed by atoms with E-state index in [1.54, 1.807) is 32.9 Å². The van der Waals surface area contributed by atoms with Gasteiger partial charge in [0.25, 0.3) is 5.91 Å². The molecule has 0 saturated heterocycles. The molecule has 0 bridgehead atoms. The van der Waals surface area contributed by atoms with E-state index in [9.17, 15) is 27.9 Å². The summed E-state index contributed by atoms with van der Waals surface area (Å²) in [6, 6.07) is 6.48. The first kappa shape index (κ1) is 26.6. The van der Waals surface area contributed by atoms with Crippen molar-refractivity contribution in [2.24, 2.45) is 5.92 Å². The maximum Gasteiger partial charge on any atom is 0.433 e. The van der Waals surface area contributed by atoms with E-state index in [2.05, 4.69) is 15.4 Å². The smallest absolute Gasteiger partial charge is 0.433 e. The molecule has 2 heterocycles. The number of benzene rings is 1. The molecule has 0 spiro atoms. The summed E-state index contributed by atoms with van der Waals surface area (Å²) in [6.07, 6.45) is 0.0373. The molecule has 0 aliphatic heterocycles. The molecule has 1 saturated carbocycles. The standard InChI is InChI=1S/C26H29F3N4O4/c1-4-37-24(35)15-8-10-17(11-9-15)33-14-16-12-21(18(25(2,3)36)13-20(16)32-33)31-23(34)19-6-5-7-22(30-19)26(27,28)29/h5-7,12-15,17,36H,4,8-11H2,1-3H3,(H,31,34). The van der Waals surface area contributed by atoms with Crippen molar-refractivity contribution in [2.75, 3.05) is 11.9 Å². The fourth-order valence-electron chi connectivity index (χ4n) is 4.63. The lowest BCUT2D eigenvalue weighted by Gasteiger charge is -2.27. The van der Waals surface area contributed by atoms with Crippen molar-refractivity contribution in [1.29, 1.82) is 0 Å². The van der Waals surface area contributed by atoms with Crippen molar-refractivity contribution in [3.05, 3.63) is 53.5 Å². The maximum atomic E-state index is 13.0. The fourth-order valence-corrected chi connectivity index (χ4v) is 4.63. The molecule has 1 aromatic carbocycles. The van der Waals surface area contributed by atoms with Gasteiger partial charge in [0.2, 0.25) is 0 Å². The van der Waals surface area contributed by atoms with E-state index in [-0.39, 0.29) is 23.6 Å². The minimum Gasteiger partial charge on any atom is -0.466 e. The zero-order valence-electron chi connectivity index (χ0n) is 20.8. The molecule has 0 atom stereocenters. The van der Waals surface area contributed by atoms with Gasteiger partial charge >= 0.3 is 12.1 Å². The number of nitrogens with one attached hydrogen (secondary N) is 1. The van der Waals surface area contributed by atoms with Crippen LogP contribution in [0.5, 0.6) is 0 Å².